The fraction of sp³-hybridized carbons (Fsp3) is 0.545. The number of amides is 1. The maximum absolute atomic E-state index is 13.7. The van der Waals surface area contributed by atoms with Crippen LogP contribution in [0.2, 0.25) is 0 Å². The summed E-state index contributed by atoms with van der Waals surface area (Å²) in [7, 11) is 0. The Labute approximate surface area is 180 Å². The van der Waals surface area contributed by atoms with Crippen molar-refractivity contribution in [1.29, 1.82) is 0 Å². The minimum absolute atomic E-state index is 0.100. The highest BCUT2D eigenvalue weighted by Gasteiger charge is 2.34. The number of hydrogen-bond donors (Lipinski definition) is 1. The Hall–Kier alpha value is -2.84. The highest BCUT2D eigenvalue weighted by atomic mass is 19.3. The van der Waals surface area contributed by atoms with Crippen molar-refractivity contribution in [3.63, 3.8) is 0 Å². The summed E-state index contributed by atoms with van der Waals surface area (Å²) >= 11 is 0. The molecule has 2 aliphatic rings. The quantitative estimate of drug-likeness (QED) is 0.794. The lowest BCUT2D eigenvalue weighted by Crippen LogP contribution is -2.40. The van der Waals surface area contributed by atoms with Crippen molar-refractivity contribution in [2.45, 2.75) is 51.4 Å². The molecule has 0 bridgehead atoms. The number of likely N-dealkylation sites (tertiary alicyclic amines) is 1. The van der Waals surface area contributed by atoms with Gasteiger partial charge in [-0.1, -0.05) is 0 Å². The number of nitrogens with one attached hydrogen (secondary N) is 1. The number of nitrogens with zero attached hydrogens (tertiary/aromatic N) is 5. The van der Waals surface area contributed by atoms with Crippen molar-refractivity contribution >= 4 is 23.4 Å². The first-order valence-electron chi connectivity index (χ1n) is 10.7. The Morgan fingerprint density at radius 1 is 1.06 bits per heavy atom. The average molecular weight is 431 g/mol. The second-order valence-electron chi connectivity index (χ2n) is 8.44. The van der Waals surface area contributed by atoms with E-state index in [1.54, 1.807) is 19.3 Å². The Bertz CT molecular complexity index is 918. The van der Waals surface area contributed by atoms with E-state index in [1.165, 1.54) is 0 Å². The van der Waals surface area contributed by atoms with Gasteiger partial charge in [0.15, 0.2) is 0 Å². The Balaban J connectivity index is 1.59. The largest absolute Gasteiger partial charge is 0.356 e. The van der Waals surface area contributed by atoms with E-state index in [1.807, 2.05) is 28.9 Å². The Morgan fingerprint density at radius 3 is 2.39 bits per heavy atom. The van der Waals surface area contributed by atoms with E-state index in [9.17, 15) is 13.6 Å². The minimum Gasteiger partial charge on any atom is -0.356 e. The van der Waals surface area contributed by atoms with Crippen molar-refractivity contribution in [3.05, 3.63) is 35.8 Å². The zero-order chi connectivity index (χ0) is 22.0. The average Bonchev–Trinajstić information content (AvgIpc) is 2.75. The van der Waals surface area contributed by atoms with Gasteiger partial charge in [0.2, 0.25) is 5.91 Å². The van der Waals surface area contributed by atoms with Crippen LogP contribution in [-0.4, -0.2) is 57.9 Å². The molecule has 0 spiro atoms. The third kappa shape index (κ3) is 5.26. The van der Waals surface area contributed by atoms with Gasteiger partial charge >= 0.3 is 0 Å². The molecule has 4 rings (SSSR count). The number of alkyl halides is 2. The fourth-order valence-corrected chi connectivity index (χ4v) is 4.18. The van der Waals surface area contributed by atoms with Gasteiger partial charge in [-0.2, -0.15) is 0 Å². The van der Waals surface area contributed by atoms with Crippen LogP contribution in [0.1, 0.15) is 49.8 Å². The highest BCUT2D eigenvalue weighted by Crippen LogP contribution is 2.35. The topological polar surface area (TPSA) is 74.2 Å². The van der Waals surface area contributed by atoms with Crippen LogP contribution < -0.4 is 10.2 Å². The molecule has 2 aliphatic heterocycles. The smallest absolute Gasteiger partial charge is 0.251 e. The van der Waals surface area contributed by atoms with Crippen LogP contribution in [0, 0.1) is 6.92 Å². The summed E-state index contributed by atoms with van der Waals surface area (Å²) in [6, 6.07) is 4.02. The summed E-state index contributed by atoms with van der Waals surface area (Å²) in [6.07, 6.45) is 4.73. The van der Waals surface area contributed by atoms with Crippen molar-refractivity contribution in [3.8, 4) is 0 Å². The number of anilines is 3. The minimum atomic E-state index is -2.60. The van der Waals surface area contributed by atoms with Crippen LogP contribution in [0.3, 0.4) is 0 Å². The standard InChI is InChI=1S/C22H28F2N6O/c1-15-13-26-20(14-25-15)27-19-11-18(17-3-7-29(8-4-17)16(2)31)12-21(28-19)30-9-5-22(23,24)6-10-30/h11-14,17H,3-10H2,1-2H3,(H,26,27,28). The molecule has 2 aromatic rings. The summed E-state index contributed by atoms with van der Waals surface area (Å²) < 4.78 is 27.3. The van der Waals surface area contributed by atoms with Crippen LogP contribution in [0.25, 0.3) is 0 Å². The number of halogens is 2. The van der Waals surface area contributed by atoms with E-state index >= 15 is 0 Å². The van der Waals surface area contributed by atoms with E-state index in [2.05, 4.69) is 15.3 Å². The molecule has 166 valence electrons. The van der Waals surface area contributed by atoms with Gasteiger partial charge in [0.05, 0.1) is 18.1 Å². The Kier molecular flexibility index (Phi) is 6.02. The normalized spacial score (nSPS) is 19.4. The molecule has 0 saturated carbocycles. The zero-order valence-electron chi connectivity index (χ0n) is 17.9. The van der Waals surface area contributed by atoms with E-state index in [-0.39, 0.29) is 37.8 Å². The summed E-state index contributed by atoms with van der Waals surface area (Å²) in [5.74, 6) is -0.317. The molecule has 1 amide bonds. The molecule has 0 radical (unpaired) electrons. The molecule has 1 N–H and O–H groups in total. The molecule has 9 heteroatoms. The molecule has 0 aliphatic carbocycles. The number of carbonyl (C=O) groups is 1. The van der Waals surface area contributed by atoms with Crippen molar-refractivity contribution in [1.82, 2.24) is 19.9 Å². The summed E-state index contributed by atoms with van der Waals surface area (Å²) in [5, 5.41) is 3.21. The number of pyridine rings is 1. The van der Waals surface area contributed by atoms with Gasteiger partial charge in [-0.3, -0.25) is 9.78 Å². The molecule has 7 nitrogen and oxygen atoms in total. The Morgan fingerprint density at radius 2 is 1.77 bits per heavy atom. The predicted molar refractivity (Wildman–Crippen MR) is 115 cm³/mol. The van der Waals surface area contributed by atoms with Gasteiger partial charge in [-0.15, -0.1) is 0 Å². The SMILES string of the molecule is CC(=O)N1CCC(c2cc(Nc3cnc(C)cn3)nc(N3CCC(F)(F)CC3)c2)CC1. The molecule has 0 aromatic carbocycles. The highest BCUT2D eigenvalue weighted by molar-refractivity contribution is 5.73. The second-order valence-corrected chi connectivity index (χ2v) is 8.44. The molecular weight excluding hydrogens is 402 g/mol. The third-order valence-corrected chi connectivity index (χ3v) is 6.10. The number of carbonyl (C=O) groups excluding carboxylic acids is 1. The van der Waals surface area contributed by atoms with Gasteiger partial charge in [-0.25, -0.2) is 18.7 Å². The first-order chi connectivity index (χ1) is 14.8. The van der Waals surface area contributed by atoms with E-state index in [0.29, 0.717) is 17.5 Å². The van der Waals surface area contributed by atoms with E-state index in [0.717, 1.165) is 37.2 Å². The maximum Gasteiger partial charge on any atom is 0.251 e. The van der Waals surface area contributed by atoms with Gasteiger partial charge in [0.1, 0.15) is 17.5 Å². The van der Waals surface area contributed by atoms with Crippen molar-refractivity contribution < 1.29 is 13.6 Å². The lowest BCUT2D eigenvalue weighted by molar-refractivity contribution is -0.129. The first-order valence-corrected chi connectivity index (χ1v) is 10.7. The molecule has 0 atom stereocenters. The molecular formula is C22H28F2N6O. The zero-order valence-corrected chi connectivity index (χ0v) is 17.9. The monoisotopic (exact) mass is 430 g/mol. The first kappa shape index (κ1) is 21.4. The third-order valence-electron chi connectivity index (χ3n) is 6.10. The van der Waals surface area contributed by atoms with Crippen LogP contribution in [0.4, 0.5) is 26.2 Å². The van der Waals surface area contributed by atoms with E-state index < -0.39 is 5.92 Å². The van der Waals surface area contributed by atoms with Crippen LogP contribution in [0.5, 0.6) is 0 Å². The lowest BCUT2D eigenvalue weighted by atomic mass is 9.89. The molecule has 2 saturated heterocycles. The van der Waals surface area contributed by atoms with Gasteiger partial charge < -0.3 is 15.1 Å². The maximum atomic E-state index is 13.7. The van der Waals surface area contributed by atoms with Crippen molar-refractivity contribution in [2.24, 2.45) is 0 Å². The van der Waals surface area contributed by atoms with Crippen LogP contribution in [0.15, 0.2) is 24.5 Å². The summed E-state index contributed by atoms with van der Waals surface area (Å²) in [6.45, 7) is 5.46. The number of aryl methyl sites for hydroxylation is 1. The van der Waals surface area contributed by atoms with E-state index in [4.69, 9.17) is 4.98 Å². The molecule has 4 heterocycles. The van der Waals surface area contributed by atoms with Gasteiger partial charge in [0, 0.05) is 45.9 Å². The second kappa shape index (κ2) is 8.72. The molecule has 2 aromatic heterocycles. The summed E-state index contributed by atoms with van der Waals surface area (Å²) in [5.41, 5.74) is 1.92. The van der Waals surface area contributed by atoms with Crippen molar-refractivity contribution in [2.75, 3.05) is 36.4 Å². The lowest BCUT2D eigenvalue weighted by Gasteiger charge is -2.34. The predicted octanol–water partition coefficient (Wildman–Crippen LogP) is 3.89. The van der Waals surface area contributed by atoms with Gasteiger partial charge in [0.25, 0.3) is 5.92 Å². The molecule has 0 unspecified atom stereocenters. The van der Waals surface area contributed by atoms with Crippen LogP contribution >= 0.6 is 0 Å². The fourth-order valence-electron chi connectivity index (χ4n) is 4.18. The number of rotatable bonds is 4. The van der Waals surface area contributed by atoms with Gasteiger partial charge in [-0.05, 0) is 43.4 Å². The molecule has 2 fully saturated rings. The van der Waals surface area contributed by atoms with Crippen LogP contribution in [-0.2, 0) is 4.79 Å². The number of hydrogen-bond acceptors (Lipinski definition) is 6. The number of aromatic nitrogens is 3. The summed E-state index contributed by atoms with van der Waals surface area (Å²) in [4.78, 5) is 28.7. The molecule has 31 heavy (non-hydrogen) atoms. The number of piperidine rings is 2.